The maximum atomic E-state index is 12.3. The molecule has 144 valence electrons. The molecule has 0 amide bonds. The van der Waals surface area contributed by atoms with Crippen LogP contribution >= 0.6 is 23.6 Å². The van der Waals surface area contributed by atoms with Crippen molar-refractivity contribution in [3.63, 3.8) is 0 Å². The first-order chi connectivity index (χ1) is 13.1. The zero-order valence-corrected chi connectivity index (χ0v) is 17.2. The number of rotatable bonds is 6. The standard InChI is InChI=1S/C20H24N2O3S2/c1-24-14-9-7-13(8-10-14)11-12-21-20(26)22-18-17(19(23)25-2)15-5-3-4-6-16(15)27-18/h7-10H,3-6,11-12H2,1-2H3,(H2,21,22,26). The molecular weight excluding hydrogens is 380 g/mol. The lowest BCUT2D eigenvalue weighted by molar-refractivity contribution is 0.0601. The van der Waals surface area contributed by atoms with E-state index in [2.05, 4.69) is 10.6 Å². The average Bonchev–Trinajstić information content (AvgIpc) is 3.05. The molecule has 0 aliphatic heterocycles. The molecule has 0 radical (unpaired) electrons. The fourth-order valence-electron chi connectivity index (χ4n) is 3.23. The molecule has 27 heavy (non-hydrogen) atoms. The summed E-state index contributed by atoms with van der Waals surface area (Å²) < 4.78 is 10.2. The summed E-state index contributed by atoms with van der Waals surface area (Å²) in [4.78, 5) is 13.5. The normalized spacial score (nSPS) is 12.8. The maximum Gasteiger partial charge on any atom is 0.341 e. The SMILES string of the molecule is COC(=O)c1c(NC(=S)NCCc2ccc(OC)cc2)sc2c1CCCC2. The van der Waals surface area contributed by atoms with Crippen molar-refractivity contribution >= 4 is 39.6 Å². The van der Waals surface area contributed by atoms with Gasteiger partial charge in [-0.1, -0.05) is 12.1 Å². The van der Waals surface area contributed by atoms with E-state index in [1.165, 1.54) is 17.6 Å². The largest absolute Gasteiger partial charge is 0.497 e. The van der Waals surface area contributed by atoms with Gasteiger partial charge in [-0.3, -0.25) is 0 Å². The number of hydrogen-bond acceptors (Lipinski definition) is 5. The number of methoxy groups -OCH3 is 2. The lowest BCUT2D eigenvalue weighted by Gasteiger charge is -2.12. The molecule has 0 saturated carbocycles. The summed E-state index contributed by atoms with van der Waals surface area (Å²) in [5.41, 5.74) is 2.98. The molecule has 1 aliphatic carbocycles. The van der Waals surface area contributed by atoms with E-state index in [1.807, 2.05) is 24.3 Å². The number of hydrogen-bond donors (Lipinski definition) is 2. The quantitative estimate of drug-likeness (QED) is 0.562. The Bertz CT molecular complexity index is 815. The van der Waals surface area contributed by atoms with Gasteiger partial charge in [-0.2, -0.15) is 0 Å². The van der Waals surface area contributed by atoms with Crippen LogP contribution in [0, 0.1) is 0 Å². The molecule has 3 rings (SSSR count). The first kappa shape index (κ1) is 19.6. The Balaban J connectivity index is 1.60. The number of nitrogens with one attached hydrogen (secondary N) is 2. The molecule has 1 aromatic carbocycles. The van der Waals surface area contributed by atoms with Crippen molar-refractivity contribution in [3.05, 3.63) is 45.8 Å². The molecule has 0 unspecified atom stereocenters. The third kappa shape index (κ3) is 4.78. The third-order valence-corrected chi connectivity index (χ3v) is 6.10. The molecule has 1 aliphatic rings. The lowest BCUT2D eigenvalue weighted by Crippen LogP contribution is -2.30. The van der Waals surface area contributed by atoms with E-state index < -0.39 is 0 Å². The number of ether oxygens (including phenoxy) is 2. The zero-order valence-electron chi connectivity index (χ0n) is 15.6. The van der Waals surface area contributed by atoms with Gasteiger partial charge in [-0.15, -0.1) is 11.3 Å². The van der Waals surface area contributed by atoms with Gasteiger partial charge in [0.05, 0.1) is 19.8 Å². The van der Waals surface area contributed by atoms with Crippen molar-refractivity contribution < 1.29 is 14.3 Å². The summed E-state index contributed by atoms with van der Waals surface area (Å²) >= 11 is 7.04. The van der Waals surface area contributed by atoms with E-state index in [0.29, 0.717) is 17.2 Å². The fraction of sp³-hybridized carbons (Fsp3) is 0.400. The van der Waals surface area contributed by atoms with Crippen LogP contribution in [-0.2, 0) is 24.0 Å². The van der Waals surface area contributed by atoms with Gasteiger partial charge in [0, 0.05) is 11.4 Å². The van der Waals surface area contributed by atoms with E-state index in [-0.39, 0.29) is 5.97 Å². The highest BCUT2D eigenvalue weighted by Crippen LogP contribution is 2.38. The fourth-order valence-corrected chi connectivity index (χ4v) is 4.78. The van der Waals surface area contributed by atoms with Crippen molar-refractivity contribution in [2.75, 3.05) is 26.1 Å². The highest BCUT2D eigenvalue weighted by molar-refractivity contribution is 7.80. The van der Waals surface area contributed by atoms with Gasteiger partial charge in [0.25, 0.3) is 0 Å². The van der Waals surface area contributed by atoms with Crippen LogP contribution in [0.5, 0.6) is 5.75 Å². The minimum Gasteiger partial charge on any atom is -0.497 e. The third-order valence-electron chi connectivity index (χ3n) is 4.65. The zero-order chi connectivity index (χ0) is 19.2. The molecule has 0 spiro atoms. The van der Waals surface area contributed by atoms with Crippen LogP contribution in [0.25, 0.3) is 0 Å². The monoisotopic (exact) mass is 404 g/mol. The summed E-state index contributed by atoms with van der Waals surface area (Å²) in [6.45, 7) is 0.705. The second kappa shape index (κ2) is 9.19. The Kier molecular flexibility index (Phi) is 6.68. The van der Waals surface area contributed by atoms with Gasteiger partial charge < -0.3 is 20.1 Å². The van der Waals surface area contributed by atoms with E-state index >= 15 is 0 Å². The number of benzene rings is 1. The second-order valence-corrected chi connectivity index (χ2v) is 7.90. The van der Waals surface area contributed by atoms with E-state index in [0.717, 1.165) is 48.4 Å². The molecule has 1 heterocycles. The van der Waals surface area contributed by atoms with Crippen molar-refractivity contribution in [3.8, 4) is 5.75 Å². The summed E-state index contributed by atoms with van der Waals surface area (Å²) in [5.74, 6) is 0.554. The maximum absolute atomic E-state index is 12.3. The van der Waals surface area contributed by atoms with E-state index in [4.69, 9.17) is 21.7 Å². The van der Waals surface area contributed by atoms with Gasteiger partial charge in [0.15, 0.2) is 5.11 Å². The van der Waals surface area contributed by atoms with Crippen molar-refractivity contribution in [2.45, 2.75) is 32.1 Å². The number of thiocarbonyl (C=S) groups is 1. The lowest BCUT2D eigenvalue weighted by atomic mass is 9.95. The summed E-state index contributed by atoms with van der Waals surface area (Å²) in [6, 6.07) is 7.98. The first-order valence-corrected chi connectivity index (χ1v) is 10.3. The van der Waals surface area contributed by atoms with E-state index in [9.17, 15) is 4.79 Å². The molecule has 0 atom stereocenters. The Hall–Kier alpha value is -2.12. The van der Waals surface area contributed by atoms with Crippen LogP contribution in [0.15, 0.2) is 24.3 Å². The number of thiophene rings is 1. The van der Waals surface area contributed by atoms with Crippen LogP contribution < -0.4 is 15.4 Å². The molecule has 0 fully saturated rings. The number of aryl methyl sites for hydroxylation is 1. The van der Waals surface area contributed by atoms with Gasteiger partial charge in [-0.25, -0.2) is 4.79 Å². The van der Waals surface area contributed by atoms with E-state index in [1.54, 1.807) is 18.4 Å². The Morgan fingerprint density at radius 2 is 1.93 bits per heavy atom. The molecule has 5 nitrogen and oxygen atoms in total. The smallest absolute Gasteiger partial charge is 0.341 e. The number of carbonyl (C=O) groups is 1. The van der Waals surface area contributed by atoms with Crippen molar-refractivity contribution in [1.82, 2.24) is 5.32 Å². The number of anilines is 1. The topological polar surface area (TPSA) is 59.6 Å². The number of fused-ring (bicyclic) bond motifs is 1. The molecule has 7 heteroatoms. The molecule has 0 bridgehead atoms. The predicted molar refractivity (Wildman–Crippen MR) is 113 cm³/mol. The van der Waals surface area contributed by atoms with Crippen LogP contribution in [0.4, 0.5) is 5.00 Å². The first-order valence-electron chi connectivity index (χ1n) is 9.03. The molecule has 2 aromatic rings. The summed E-state index contributed by atoms with van der Waals surface area (Å²) in [5, 5.41) is 7.73. The summed E-state index contributed by atoms with van der Waals surface area (Å²) in [6.07, 6.45) is 5.06. The predicted octanol–water partition coefficient (Wildman–Crippen LogP) is 3.95. The second-order valence-electron chi connectivity index (χ2n) is 6.39. The van der Waals surface area contributed by atoms with Gasteiger partial charge in [-0.05, 0) is 67.6 Å². The minimum absolute atomic E-state index is 0.294. The van der Waals surface area contributed by atoms with Crippen molar-refractivity contribution in [1.29, 1.82) is 0 Å². The number of esters is 1. The highest BCUT2D eigenvalue weighted by atomic mass is 32.1. The van der Waals surface area contributed by atoms with Gasteiger partial charge in [0.2, 0.25) is 0 Å². The Morgan fingerprint density at radius 3 is 2.63 bits per heavy atom. The van der Waals surface area contributed by atoms with Crippen LogP contribution in [0.1, 0.15) is 39.2 Å². The molecule has 0 saturated heterocycles. The van der Waals surface area contributed by atoms with Crippen molar-refractivity contribution in [2.24, 2.45) is 0 Å². The number of carbonyl (C=O) groups excluding carboxylic acids is 1. The minimum atomic E-state index is -0.294. The van der Waals surface area contributed by atoms with Crippen LogP contribution in [0.3, 0.4) is 0 Å². The van der Waals surface area contributed by atoms with Gasteiger partial charge >= 0.3 is 5.97 Å². The molecule has 1 aromatic heterocycles. The summed E-state index contributed by atoms with van der Waals surface area (Å²) in [7, 11) is 3.08. The molecular formula is C20H24N2O3S2. The van der Waals surface area contributed by atoms with Crippen LogP contribution in [-0.4, -0.2) is 31.8 Å². The Morgan fingerprint density at radius 1 is 1.19 bits per heavy atom. The Labute approximate surface area is 169 Å². The highest BCUT2D eigenvalue weighted by Gasteiger charge is 2.26. The van der Waals surface area contributed by atoms with Crippen LogP contribution in [0.2, 0.25) is 0 Å². The average molecular weight is 405 g/mol. The van der Waals surface area contributed by atoms with Gasteiger partial charge in [0.1, 0.15) is 10.8 Å². The molecule has 2 N–H and O–H groups in total.